The highest BCUT2D eigenvalue weighted by atomic mass is 16.5. The zero-order chi connectivity index (χ0) is 17.2. The van der Waals surface area contributed by atoms with Crippen LogP contribution in [-0.4, -0.2) is 38.9 Å². The van der Waals surface area contributed by atoms with Crippen molar-refractivity contribution in [3.8, 4) is 0 Å². The molecule has 0 spiro atoms. The zero-order valence-corrected chi connectivity index (χ0v) is 15.7. The molecule has 1 N–H and O–H groups in total. The second-order valence-electron chi connectivity index (χ2n) is 6.09. The number of nitrogens with one attached hydrogen (secondary N) is 1. The molecule has 0 unspecified atom stereocenters. The van der Waals surface area contributed by atoms with E-state index in [0.29, 0.717) is 19.1 Å². The molecule has 0 heterocycles. The van der Waals surface area contributed by atoms with E-state index in [1.54, 1.807) is 0 Å². The van der Waals surface area contributed by atoms with Crippen LogP contribution in [0.1, 0.15) is 67.2 Å². The van der Waals surface area contributed by atoms with Gasteiger partial charge in [-0.2, -0.15) is 0 Å². The lowest BCUT2D eigenvalue weighted by Crippen LogP contribution is -2.29. The van der Waals surface area contributed by atoms with Gasteiger partial charge in [0.1, 0.15) is 6.61 Å². The summed E-state index contributed by atoms with van der Waals surface area (Å²) in [4.78, 5) is 11.4. The van der Waals surface area contributed by atoms with E-state index in [0.717, 1.165) is 38.3 Å². The molecule has 0 bridgehead atoms. The molecule has 22 heavy (non-hydrogen) atoms. The molecule has 0 fully saturated rings. The Bertz CT molecular complexity index is 230. The number of rotatable bonds is 13. The Labute approximate surface area is 138 Å². The summed E-state index contributed by atoms with van der Waals surface area (Å²) in [6.07, 6.45) is 4.46. The van der Waals surface area contributed by atoms with E-state index in [1.165, 1.54) is 6.42 Å². The summed E-state index contributed by atoms with van der Waals surface area (Å²) < 4.78 is 10.7. The predicted octanol–water partition coefficient (Wildman–Crippen LogP) is 4.03. The Hall–Kier alpha value is -0.610. The lowest BCUT2D eigenvalue weighted by atomic mass is 10.1. The fourth-order valence-electron chi connectivity index (χ4n) is 1.77. The van der Waals surface area contributed by atoms with E-state index in [2.05, 4.69) is 33.0 Å². The van der Waals surface area contributed by atoms with Crippen molar-refractivity contribution in [1.82, 2.24) is 5.32 Å². The summed E-state index contributed by atoms with van der Waals surface area (Å²) in [5, 5.41) is 2.86. The van der Waals surface area contributed by atoms with Gasteiger partial charge in [-0.25, -0.2) is 0 Å². The number of carbonyl (C=O) groups is 1. The van der Waals surface area contributed by atoms with Crippen LogP contribution < -0.4 is 5.32 Å². The van der Waals surface area contributed by atoms with Crippen LogP contribution in [0.3, 0.4) is 0 Å². The van der Waals surface area contributed by atoms with Gasteiger partial charge >= 0.3 is 0 Å². The van der Waals surface area contributed by atoms with Crippen LogP contribution in [0.25, 0.3) is 0 Å². The van der Waals surface area contributed by atoms with Crippen molar-refractivity contribution in [2.75, 3.05) is 33.0 Å². The fourth-order valence-corrected chi connectivity index (χ4v) is 1.77. The Morgan fingerprint density at radius 1 is 0.864 bits per heavy atom. The van der Waals surface area contributed by atoms with Crippen LogP contribution in [0, 0.1) is 11.8 Å². The van der Waals surface area contributed by atoms with Crippen LogP contribution in [0.15, 0.2) is 0 Å². The van der Waals surface area contributed by atoms with E-state index < -0.39 is 0 Å². The molecule has 134 valence electrons. The number of amides is 1. The summed E-state index contributed by atoms with van der Waals surface area (Å²) in [6.45, 7) is 15.5. The first-order chi connectivity index (χ1) is 10.5. The molecule has 0 aliphatic carbocycles. The minimum atomic E-state index is -0.0337. The van der Waals surface area contributed by atoms with Crippen molar-refractivity contribution < 1.29 is 14.3 Å². The molecule has 4 nitrogen and oxygen atoms in total. The maximum Gasteiger partial charge on any atom is 0.245 e. The summed E-state index contributed by atoms with van der Waals surface area (Å²) in [5.74, 6) is 1.39. The smallest absolute Gasteiger partial charge is 0.245 e. The quantitative estimate of drug-likeness (QED) is 0.522. The van der Waals surface area contributed by atoms with E-state index in [1.807, 2.05) is 13.8 Å². The molecule has 0 radical (unpaired) electrons. The lowest BCUT2D eigenvalue weighted by molar-refractivity contribution is -0.126. The molecule has 4 heteroatoms. The minimum absolute atomic E-state index is 0.0337. The lowest BCUT2D eigenvalue weighted by Gasteiger charge is -2.08. The molecule has 0 aliphatic rings. The van der Waals surface area contributed by atoms with Gasteiger partial charge in [-0.1, -0.05) is 41.5 Å². The average molecular weight is 318 g/mol. The highest BCUT2D eigenvalue weighted by Gasteiger charge is 2.01. The standard InChI is InChI=1S/C16H33NO3.C2H6/c1-14(2)7-5-9-17-16(18)13-20-12-11-19-10-6-8-15(3)4;1-2/h14-15H,5-13H2,1-4H3,(H,17,18);1-2H3. The van der Waals surface area contributed by atoms with Gasteiger partial charge in [0.2, 0.25) is 5.91 Å². The summed E-state index contributed by atoms with van der Waals surface area (Å²) >= 11 is 0. The second kappa shape index (κ2) is 18.4. The molecule has 0 aromatic rings. The van der Waals surface area contributed by atoms with E-state index in [9.17, 15) is 4.79 Å². The van der Waals surface area contributed by atoms with Gasteiger partial charge in [0.05, 0.1) is 13.2 Å². The van der Waals surface area contributed by atoms with Crippen molar-refractivity contribution in [2.45, 2.75) is 67.2 Å². The SMILES string of the molecule is CC.CC(C)CCCNC(=O)COCCOCCCC(C)C. The molecular formula is C18H39NO3. The van der Waals surface area contributed by atoms with Crippen molar-refractivity contribution in [3.05, 3.63) is 0 Å². The van der Waals surface area contributed by atoms with E-state index in [-0.39, 0.29) is 12.5 Å². The summed E-state index contributed by atoms with van der Waals surface area (Å²) in [7, 11) is 0. The number of hydrogen-bond acceptors (Lipinski definition) is 3. The highest BCUT2D eigenvalue weighted by Crippen LogP contribution is 2.03. The van der Waals surface area contributed by atoms with Crippen LogP contribution in [0.2, 0.25) is 0 Å². The van der Waals surface area contributed by atoms with Crippen molar-refractivity contribution >= 4 is 5.91 Å². The van der Waals surface area contributed by atoms with Crippen molar-refractivity contribution in [3.63, 3.8) is 0 Å². The first-order valence-corrected chi connectivity index (χ1v) is 8.94. The molecule has 0 saturated heterocycles. The van der Waals surface area contributed by atoms with Crippen LogP contribution in [0.4, 0.5) is 0 Å². The van der Waals surface area contributed by atoms with Gasteiger partial charge in [-0.3, -0.25) is 4.79 Å². The largest absolute Gasteiger partial charge is 0.379 e. The first kappa shape index (κ1) is 23.7. The third-order valence-corrected chi connectivity index (χ3v) is 2.96. The van der Waals surface area contributed by atoms with Crippen molar-refractivity contribution in [1.29, 1.82) is 0 Å². The third kappa shape index (κ3) is 21.7. The molecular weight excluding hydrogens is 278 g/mol. The van der Waals surface area contributed by atoms with Crippen LogP contribution >= 0.6 is 0 Å². The monoisotopic (exact) mass is 317 g/mol. The summed E-state index contributed by atoms with van der Waals surface area (Å²) in [6, 6.07) is 0. The summed E-state index contributed by atoms with van der Waals surface area (Å²) in [5.41, 5.74) is 0. The van der Waals surface area contributed by atoms with Crippen molar-refractivity contribution in [2.24, 2.45) is 11.8 Å². The minimum Gasteiger partial charge on any atom is -0.379 e. The normalized spacial score (nSPS) is 10.5. The predicted molar refractivity (Wildman–Crippen MR) is 94.1 cm³/mol. The first-order valence-electron chi connectivity index (χ1n) is 8.94. The molecule has 0 aliphatic heterocycles. The number of carbonyl (C=O) groups excluding carboxylic acids is 1. The Morgan fingerprint density at radius 3 is 2.00 bits per heavy atom. The van der Waals surface area contributed by atoms with Crippen LogP contribution in [-0.2, 0) is 14.3 Å². The fraction of sp³-hybridized carbons (Fsp3) is 0.944. The van der Waals surface area contributed by atoms with Gasteiger partial charge in [0.25, 0.3) is 0 Å². The van der Waals surface area contributed by atoms with Gasteiger partial charge < -0.3 is 14.8 Å². The molecule has 1 amide bonds. The molecule has 0 aromatic heterocycles. The van der Waals surface area contributed by atoms with E-state index >= 15 is 0 Å². The number of ether oxygens (including phenoxy) is 2. The average Bonchev–Trinajstić information content (AvgIpc) is 2.48. The molecule has 0 rings (SSSR count). The topological polar surface area (TPSA) is 47.6 Å². The zero-order valence-electron chi connectivity index (χ0n) is 15.7. The molecule has 0 saturated carbocycles. The third-order valence-electron chi connectivity index (χ3n) is 2.96. The maximum atomic E-state index is 11.4. The second-order valence-corrected chi connectivity index (χ2v) is 6.09. The van der Waals surface area contributed by atoms with Crippen LogP contribution in [0.5, 0.6) is 0 Å². The Balaban J connectivity index is 0. The van der Waals surface area contributed by atoms with Gasteiger partial charge in [0.15, 0.2) is 0 Å². The van der Waals surface area contributed by atoms with Gasteiger partial charge in [-0.05, 0) is 37.5 Å². The molecule has 0 atom stereocenters. The van der Waals surface area contributed by atoms with Gasteiger partial charge in [0, 0.05) is 13.2 Å². The Morgan fingerprint density at radius 2 is 1.41 bits per heavy atom. The highest BCUT2D eigenvalue weighted by molar-refractivity contribution is 5.77. The van der Waals surface area contributed by atoms with E-state index in [4.69, 9.17) is 9.47 Å². The molecule has 0 aromatic carbocycles. The maximum absolute atomic E-state index is 11.4. The number of hydrogen-bond donors (Lipinski definition) is 1. The van der Waals surface area contributed by atoms with Gasteiger partial charge in [-0.15, -0.1) is 0 Å². The Kier molecular flexibility index (Phi) is 19.8.